The molecule has 0 aromatic heterocycles. The molecule has 6 rings (SSSR count). The van der Waals surface area contributed by atoms with Crippen LogP contribution in [0.2, 0.25) is 0 Å². The summed E-state index contributed by atoms with van der Waals surface area (Å²) in [5.41, 5.74) is 0.413. The second-order valence-electron chi connectivity index (χ2n) is 9.23. The summed E-state index contributed by atoms with van der Waals surface area (Å²) in [6.07, 6.45) is 15.0. The zero-order chi connectivity index (χ0) is 15.4. The molecule has 0 heterocycles. The van der Waals surface area contributed by atoms with Crippen molar-refractivity contribution in [3.05, 3.63) is 12.2 Å². The van der Waals surface area contributed by atoms with Crippen LogP contribution in [0.4, 0.5) is 0 Å². The minimum Gasteiger partial charge on any atom is -0.438 e. The quantitative estimate of drug-likeness (QED) is 0.334. The predicted molar refractivity (Wildman–Crippen MR) is 86.4 cm³/mol. The van der Waals surface area contributed by atoms with E-state index in [9.17, 15) is 4.79 Å². The third-order valence-electron chi connectivity index (χ3n) is 7.44. The maximum absolute atomic E-state index is 12.2. The molecular formula is C20H28O3. The fraction of sp³-hybridized carbons (Fsp3) is 0.850. The summed E-state index contributed by atoms with van der Waals surface area (Å²) < 4.78 is 11.3. The molecule has 6 aliphatic carbocycles. The molecule has 0 amide bonds. The normalized spacial score (nSPS) is 49.0. The molecule has 126 valence electrons. The number of hydrogen-bond acceptors (Lipinski definition) is 3. The van der Waals surface area contributed by atoms with Crippen LogP contribution in [0.15, 0.2) is 12.2 Å². The first kappa shape index (κ1) is 14.5. The number of carbonyl (C=O) groups excluding carboxylic acids is 1. The fourth-order valence-electron chi connectivity index (χ4n) is 6.98. The molecule has 6 aliphatic rings. The Labute approximate surface area is 138 Å². The smallest absolute Gasteiger partial charge is 0.311 e. The first-order valence-electron chi connectivity index (χ1n) is 9.62. The van der Waals surface area contributed by atoms with Gasteiger partial charge in [-0.15, -0.1) is 0 Å². The van der Waals surface area contributed by atoms with Crippen molar-refractivity contribution in [2.75, 3.05) is 13.4 Å². The Hall–Kier alpha value is -0.830. The van der Waals surface area contributed by atoms with Gasteiger partial charge in [0.15, 0.2) is 6.79 Å². The highest BCUT2D eigenvalue weighted by molar-refractivity contribution is 5.74. The van der Waals surface area contributed by atoms with Crippen LogP contribution in [-0.4, -0.2) is 19.4 Å². The summed E-state index contributed by atoms with van der Waals surface area (Å²) in [7, 11) is 0. The van der Waals surface area contributed by atoms with E-state index in [4.69, 9.17) is 9.47 Å². The van der Waals surface area contributed by atoms with Gasteiger partial charge in [0.1, 0.15) is 0 Å². The topological polar surface area (TPSA) is 35.5 Å². The largest absolute Gasteiger partial charge is 0.438 e. The van der Waals surface area contributed by atoms with Crippen LogP contribution in [-0.2, 0) is 14.3 Å². The highest BCUT2D eigenvalue weighted by Crippen LogP contribution is 2.60. The van der Waals surface area contributed by atoms with Gasteiger partial charge in [-0.3, -0.25) is 4.79 Å². The van der Waals surface area contributed by atoms with Crippen LogP contribution in [0, 0.1) is 40.9 Å². The minimum atomic E-state index is -0.0348. The van der Waals surface area contributed by atoms with Crippen LogP contribution >= 0.6 is 0 Å². The van der Waals surface area contributed by atoms with Gasteiger partial charge in [-0.1, -0.05) is 12.2 Å². The van der Waals surface area contributed by atoms with Crippen LogP contribution < -0.4 is 0 Å². The maximum Gasteiger partial charge on any atom is 0.311 e. The molecule has 0 saturated heterocycles. The fourth-order valence-corrected chi connectivity index (χ4v) is 6.98. The first-order chi connectivity index (χ1) is 11.2. The van der Waals surface area contributed by atoms with E-state index in [0.717, 1.165) is 37.2 Å². The van der Waals surface area contributed by atoms with Gasteiger partial charge in [0.25, 0.3) is 0 Å². The van der Waals surface area contributed by atoms with E-state index < -0.39 is 0 Å². The minimum absolute atomic E-state index is 0.0348. The number of hydrogen-bond donors (Lipinski definition) is 0. The highest BCUT2D eigenvalue weighted by atomic mass is 16.7. The summed E-state index contributed by atoms with van der Waals surface area (Å²) in [4.78, 5) is 12.2. The van der Waals surface area contributed by atoms with E-state index in [0.29, 0.717) is 17.3 Å². The Morgan fingerprint density at radius 1 is 0.957 bits per heavy atom. The second kappa shape index (κ2) is 5.34. The number of fused-ring (bicyclic) bond motifs is 2. The van der Waals surface area contributed by atoms with Gasteiger partial charge in [0, 0.05) is 0 Å². The van der Waals surface area contributed by atoms with Crippen molar-refractivity contribution in [2.45, 2.75) is 51.4 Å². The van der Waals surface area contributed by atoms with Crippen molar-refractivity contribution in [2.24, 2.45) is 40.9 Å². The SMILES string of the molecule is O=C(OCOCC12CC3CC(CC(C3)C1)C2)C1CC2C=CC1C2. The van der Waals surface area contributed by atoms with Crippen LogP contribution in [0.25, 0.3) is 0 Å². The van der Waals surface area contributed by atoms with Crippen LogP contribution in [0.3, 0.4) is 0 Å². The number of rotatable bonds is 5. The van der Waals surface area contributed by atoms with Gasteiger partial charge in [-0.2, -0.15) is 0 Å². The lowest BCUT2D eigenvalue weighted by Gasteiger charge is -2.56. The summed E-state index contributed by atoms with van der Waals surface area (Å²) in [5, 5.41) is 0. The molecule has 3 unspecified atom stereocenters. The van der Waals surface area contributed by atoms with Crippen molar-refractivity contribution < 1.29 is 14.3 Å². The molecule has 0 aromatic rings. The van der Waals surface area contributed by atoms with E-state index in [2.05, 4.69) is 12.2 Å². The van der Waals surface area contributed by atoms with Crippen LogP contribution in [0.1, 0.15) is 51.4 Å². The van der Waals surface area contributed by atoms with Gasteiger partial charge < -0.3 is 9.47 Å². The zero-order valence-corrected chi connectivity index (χ0v) is 13.9. The zero-order valence-electron chi connectivity index (χ0n) is 13.9. The molecular weight excluding hydrogens is 288 g/mol. The standard InChI is InChI=1S/C20H28O3/c21-19(18-7-13-1-2-17(18)6-13)23-12-22-11-20-8-14-3-15(9-20)5-16(4-14)10-20/h1-2,13-18H,3-12H2. The van der Waals surface area contributed by atoms with Gasteiger partial charge in [-0.05, 0) is 86.4 Å². The number of esters is 1. The van der Waals surface area contributed by atoms with Crippen LogP contribution in [0.5, 0.6) is 0 Å². The molecule has 5 fully saturated rings. The first-order valence-corrected chi connectivity index (χ1v) is 9.62. The highest BCUT2D eigenvalue weighted by Gasteiger charge is 2.51. The molecule has 0 spiro atoms. The van der Waals surface area contributed by atoms with E-state index in [1.54, 1.807) is 0 Å². The molecule has 0 aromatic carbocycles. The molecule has 3 nitrogen and oxygen atoms in total. The predicted octanol–water partition coefficient (Wildman–Crippen LogP) is 3.93. The van der Waals surface area contributed by atoms with Gasteiger partial charge in [0.05, 0.1) is 12.5 Å². The van der Waals surface area contributed by atoms with E-state index in [1.165, 1.54) is 38.5 Å². The Balaban J connectivity index is 1.10. The Bertz CT molecular complexity index is 488. The molecule has 3 atom stereocenters. The van der Waals surface area contributed by atoms with Gasteiger partial charge in [-0.25, -0.2) is 0 Å². The number of ether oxygens (including phenoxy) is 2. The van der Waals surface area contributed by atoms with E-state index in [-0.39, 0.29) is 18.7 Å². The molecule has 3 heteroatoms. The van der Waals surface area contributed by atoms with Crippen molar-refractivity contribution in [1.82, 2.24) is 0 Å². The van der Waals surface area contributed by atoms with Crippen molar-refractivity contribution in [3.8, 4) is 0 Å². The van der Waals surface area contributed by atoms with E-state index >= 15 is 0 Å². The maximum atomic E-state index is 12.2. The third kappa shape index (κ3) is 2.56. The summed E-state index contributed by atoms with van der Waals surface area (Å²) in [6, 6.07) is 0. The molecule has 5 saturated carbocycles. The monoisotopic (exact) mass is 316 g/mol. The molecule has 23 heavy (non-hydrogen) atoms. The summed E-state index contributed by atoms with van der Waals surface area (Å²) in [6.45, 7) is 0.971. The van der Waals surface area contributed by atoms with Crippen molar-refractivity contribution >= 4 is 5.97 Å². The molecule has 0 radical (unpaired) electrons. The second-order valence-corrected chi connectivity index (χ2v) is 9.23. The number of carbonyl (C=O) groups is 1. The van der Waals surface area contributed by atoms with E-state index in [1.807, 2.05) is 0 Å². The average molecular weight is 316 g/mol. The number of allylic oxidation sites excluding steroid dienone is 2. The summed E-state index contributed by atoms with van der Waals surface area (Å²) >= 11 is 0. The Kier molecular flexibility index (Phi) is 3.37. The molecule has 0 aliphatic heterocycles. The van der Waals surface area contributed by atoms with Gasteiger partial charge in [0.2, 0.25) is 0 Å². The lowest BCUT2D eigenvalue weighted by atomic mass is 9.50. The third-order valence-corrected chi connectivity index (χ3v) is 7.44. The van der Waals surface area contributed by atoms with Gasteiger partial charge >= 0.3 is 5.97 Å². The molecule has 0 N–H and O–H groups in total. The van der Waals surface area contributed by atoms with Crippen molar-refractivity contribution in [1.29, 1.82) is 0 Å². The van der Waals surface area contributed by atoms with Crippen molar-refractivity contribution in [3.63, 3.8) is 0 Å². The summed E-state index contributed by atoms with van der Waals surface area (Å²) in [5.74, 6) is 3.95. The lowest BCUT2D eigenvalue weighted by Crippen LogP contribution is -2.48. The lowest BCUT2D eigenvalue weighted by molar-refractivity contribution is -0.171. The Morgan fingerprint density at radius 2 is 1.65 bits per heavy atom. The average Bonchev–Trinajstić information content (AvgIpc) is 3.13. The molecule has 6 bridgehead atoms. The Morgan fingerprint density at radius 3 is 2.22 bits per heavy atom.